The highest BCUT2D eigenvalue weighted by molar-refractivity contribution is 7.89. The lowest BCUT2D eigenvalue weighted by molar-refractivity contribution is 0.102. The Bertz CT molecular complexity index is 879. The summed E-state index contributed by atoms with van der Waals surface area (Å²) in [6.07, 6.45) is 0. The first kappa shape index (κ1) is 20.2. The number of carbonyl (C=O) groups is 1. The lowest BCUT2D eigenvalue weighted by Gasteiger charge is -2.19. The Kier molecular flexibility index (Phi) is 6.63. The molecule has 0 aliphatic carbocycles. The molecule has 0 bridgehead atoms. The van der Waals surface area contributed by atoms with Crippen molar-refractivity contribution >= 4 is 33.2 Å². The number of hydrogen-bond donors (Lipinski definition) is 1. The molecule has 0 atom stereocenters. The summed E-state index contributed by atoms with van der Waals surface area (Å²) >= 11 is 6.09. The summed E-state index contributed by atoms with van der Waals surface area (Å²) in [6.45, 7) is 4.12. The number of methoxy groups -OCH3 is 1. The maximum absolute atomic E-state index is 12.7. The summed E-state index contributed by atoms with van der Waals surface area (Å²) in [6, 6.07) is 11.0. The molecule has 0 aliphatic heterocycles. The number of nitrogens with one attached hydrogen (secondary N) is 1. The molecule has 1 N–H and O–H groups in total. The lowest BCUT2D eigenvalue weighted by atomic mass is 10.2. The van der Waals surface area contributed by atoms with Crippen LogP contribution in [-0.2, 0) is 10.0 Å². The maximum atomic E-state index is 12.7. The molecule has 0 saturated heterocycles. The molecule has 26 heavy (non-hydrogen) atoms. The fourth-order valence-electron chi connectivity index (χ4n) is 2.42. The van der Waals surface area contributed by atoms with Crippen molar-refractivity contribution in [1.82, 2.24) is 4.31 Å². The fraction of sp³-hybridized carbons (Fsp3) is 0.278. The van der Waals surface area contributed by atoms with Crippen LogP contribution >= 0.6 is 11.6 Å². The Morgan fingerprint density at radius 1 is 1.12 bits per heavy atom. The van der Waals surface area contributed by atoms with Crippen molar-refractivity contribution in [1.29, 1.82) is 0 Å². The SMILES string of the molecule is CCN(CC)S(=O)(=O)c1cc(C(=O)Nc2ccc(OC)cc2)ccc1Cl. The van der Waals surface area contributed by atoms with Gasteiger partial charge in [-0.2, -0.15) is 4.31 Å². The van der Waals surface area contributed by atoms with Gasteiger partial charge in [-0.1, -0.05) is 25.4 Å². The number of hydrogen-bond acceptors (Lipinski definition) is 4. The average molecular weight is 397 g/mol. The van der Waals surface area contributed by atoms with Crippen molar-refractivity contribution in [2.45, 2.75) is 18.7 Å². The van der Waals surface area contributed by atoms with Gasteiger partial charge in [0.1, 0.15) is 10.6 Å². The van der Waals surface area contributed by atoms with Gasteiger partial charge in [0, 0.05) is 24.3 Å². The Labute approximate surface area is 158 Å². The number of rotatable bonds is 7. The van der Waals surface area contributed by atoms with Crippen molar-refractivity contribution in [3.63, 3.8) is 0 Å². The fourth-order valence-corrected chi connectivity index (χ4v) is 4.38. The molecule has 0 spiro atoms. The average Bonchev–Trinajstić information content (AvgIpc) is 2.63. The second-order valence-electron chi connectivity index (χ2n) is 5.42. The van der Waals surface area contributed by atoms with Gasteiger partial charge in [-0.3, -0.25) is 4.79 Å². The molecule has 0 saturated carbocycles. The zero-order valence-electron chi connectivity index (χ0n) is 14.8. The van der Waals surface area contributed by atoms with E-state index in [4.69, 9.17) is 16.3 Å². The van der Waals surface area contributed by atoms with E-state index in [1.165, 1.54) is 22.5 Å². The monoisotopic (exact) mass is 396 g/mol. The Balaban J connectivity index is 2.31. The van der Waals surface area contributed by atoms with Gasteiger partial charge in [0.2, 0.25) is 10.0 Å². The van der Waals surface area contributed by atoms with Crippen molar-refractivity contribution < 1.29 is 17.9 Å². The van der Waals surface area contributed by atoms with Gasteiger partial charge in [-0.25, -0.2) is 8.42 Å². The molecule has 0 heterocycles. The van der Waals surface area contributed by atoms with Gasteiger partial charge in [-0.05, 0) is 42.5 Å². The predicted octanol–water partition coefficient (Wildman–Crippen LogP) is 3.63. The van der Waals surface area contributed by atoms with E-state index < -0.39 is 15.9 Å². The molecular weight excluding hydrogens is 376 g/mol. The number of halogens is 1. The van der Waals surface area contributed by atoms with Crippen molar-refractivity contribution in [2.24, 2.45) is 0 Å². The van der Waals surface area contributed by atoms with Crippen molar-refractivity contribution in [2.75, 3.05) is 25.5 Å². The van der Waals surface area contributed by atoms with Gasteiger partial charge < -0.3 is 10.1 Å². The van der Waals surface area contributed by atoms with Crippen LogP contribution in [0.1, 0.15) is 24.2 Å². The van der Waals surface area contributed by atoms with E-state index in [0.29, 0.717) is 24.5 Å². The summed E-state index contributed by atoms with van der Waals surface area (Å²) in [4.78, 5) is 12.4. The highest BCUT2D eigenvalue weighted by atomic mass is 35.5. The standard InChI is InChI=1S/C18H21ClN2O4S/c1-4-21(5-2)26(23,24)17-12-13(6-11-16(17)19)18(22)20-14-7-9-15(25-3)10-8-14/h6-12H,4-5H2,1-3H3,(H,20,22). The molecule has 2 rings (SSSR count). The topological polar surface area (TPSA) is 75.7 Å². The third kappa shape index (κ3) is 4.35. The first-order chi connectivity index (χ1) is 12.3. The van der Waals surface area contributed by atoms with Gasteiger partial charge in [0.25, 0.3) is 5.91 Å². The summed E-state index contributed by atoms with van der Waals surface area (Å²) < 4.78 is 31.8. The van der Waals surface area contributed by atoms with Crippen LogP contribution in [0.15, 0.2) is 47.4 Å². The first-order valence-corrected chi connectivity index (χ1v) is 9.90. The molecule has 0 unspecified atom stereocenters. The van der Waals surface area contributed by atoms with E-state index in [1.54, 1.807) is 45.2 Å². The number of amides is 1. The summed E-state index contributed by atoms with van der Waals surface area (Å²) in [5.74, 6) is 0.241. The minimum absolute atomic E-state index is 0.0785. The number of nitrogens with zero attached hydrogens (tertiary/aromatic N) is 1. The van der Waals surface area contributed by atoms with Crippen LogP contribution in [0.2, 0.25) is 5.02 Å². The summed E-state index contributed by atoms with van der Waals surface area (Å²) in [7, 11) is -2.21. The minimum atomic E-state index is -3.76. The Hall–Kier alpha value is -2.09. The predicted molar refractivity (Wildman–Crippen MR) is 103 cm³/mol. The van der Waals surface area contributed by atoms with E-state index in [1.807, 2.05) is 0 Å². The van der Waals surface area contributed by atoms with Crippen LogP contribution in [0.25, 0.3) is 0 Å². The molecule has 0 radical (unpaired) electrons. The molecule has 0 fully saturated rings. The van der Waals surface area contributed by atoms with Gasteiger partial charge in [0.15, 0.2) is 0 Å². The molecule has 0 aliphatic rings. The Morgan fingerprint density at radius 3 is 2.27 bits per heavy atom. The molecular formula is C18H21ClN2O4S. The molecule has 8 heteroatoms. The highest BCUT2D eigenvalue weighted by Crippen LogP contribution is 2.26. The molecule has 6 nitrogen and oxygen atoms in total. The number of anilines is 1. The molecule has 2 aromatic carbocycles. The van der Waals surface area contributed by atoms with Crippen LogP contribution in [0.5, 0.6) is 5.75 Å². The number of carbonyl (C=O) groups excluding carboxylic acids is 1. The number of sulfonamides is 1. The summed E-state index contributed by atoms with van der Waals surface area (Å²) in [5.41, 5.74) is 0.773. The second-order valence-corrected chi connectivity index (χ2v) is 7.73. The van der Waals surface area contributed by atoms with Crippen LogP contribution in [-0.4, -0.2) is 38.8 Å². The van der Waals surface area contributed by atoms with E-state index in [2.05, 4.69) is 5.32 Å². The second kappa shape index (κ2) is 8.53. The molecule has 140 valence electrons. The van der Waals surface area contributed by atoms with E-state index in [-0.39, 0.29) is 15.5 Å². The number of ether oxygens (including phenoxy) is 1. The van der Waals surface area contributed by atoms with Crippen LogP contribution in [0, 0.1) is 0 Å². The van der Waals surface area contributed by atoms with Crippen LogP contribution in [0.3, 0.4) is 0 Å². The normalized spacial score (nSPS) is 11.4. The lowest BCUT2D eigenvalue weighted by Crippen LogP contribution is -2.31. The Morgan fingerprint density at radius 2 is 1.73 bits per heavy atom. The minimum Gasteiger partial charge on any atom is -0.497 e. The molecule has 1 amide bonds. The van der Waals surface area contributed by atoms with E-state index >= 15 is 0 Å². The van der Waals surface area contributed by atoms with Crippen LogP contribution < -0.4 is 10.1 Å². The van der Waals surface area contributed by atoms with E-state index in [0.717, 1.165) is 0 Å². The van der Waals surface area contributed by atoms with Crippen molar-refractivity contribution in [3.05, 3.63) is 53.1 Å². The van der Waals surface area contributed by atoms with Crippen LogP contribution in [0.4, 0.5) is 5.69 Å². The zero-order chi connectivity index (χ0) is 19.3. The largest absolute Gasteiger partial charge is 0.497 e. The van der Waals surface area contributed by atoms with Gasteiger partial charge in [0.05, 0.1) is 12.1 Å². The third-order valence-corrected chi connectivity index (χ3v) is 6.40. The quantitative estimate of drug-likeness (QED) is 0.775. The van der Waals surface area contributed by atoms with Gasteiger partial charge in [-0.15, -0.1) is 0 Å². The molecule has 0 aromatic heterocycles. The highest BCUT2D eigenvalue weighted by Gasteiger charge is 2.25. The first-order valence-electron chi connectivity index (χ1n) is 8.08. The zero-order valence-corrected chi connectivity index (χ0v) is 16.4. The van der Waals surface area contributed by atoms with E-state index in [9.17, 15) is 13.2 Å². The number of benzene rings is 2. The van der Waals surface area contributed by atoms with Gasteiger partial charge >= 0.3 is 0 Å². The maximum Gasteiger partial charge on any atom is 0.255 e. The summed E-state index contributed by atoms with van der Waals surface area (Å²) in [5, 5.41) is 2.80. The van der Waals surface area contributed by atoms with Crippen molar-refractivity contribution in [3.8, 4) is 5.75 Å². The smallest absolute Gasteiger partial charge is 0.255 e. The molecule has 2 aromatic rings. The third-order valence-electron chi connectivity index (χ3n) is 3.86.